The minimum Gasteiger partial charge on any atom is -0.399 e. The number of rotatable bonds is 7. The van der Waals surface area contributed by atoms with E-state index >= 15 is 0 Å². The van der Waals surface area contributed by atoms with Crippen molar-refractivity contribution in [1.82, 2.24) is 15.3 Å². The number of halogens is 3. The number of nitrogens with one attached hydrogen (secondary N) is 2. The molecule has 1 aromatic carbocycles. The normalized spacial score (nSPS) is 16.4. The van der Waals surface area contributed by atoms with Crippen LogP contribution in [0.2, 0.25) is 0 Å². The van der Waals surface area contributed by atoms with Gasteiger partial charge < -0.3 is 21.3 Å². The highest BCUT2D eigenvalue weighted by atomic mass is 19.4. The number of benzene rings is 1. The quantitative estimate of drug-likeness (QED) is 0.570. The Kier molecular flexibility index (Phi) is 6.87. The Bertz CT molecular complexity index is 934. The number of nitrogens with two attached hydrogens (primary N) is 1. The molecule has 31 heavy (non-hydrogen) atoms. The maximum absolute atomic E-state index is 13.1. The van der Waals surface area contributed by atoms with E-state index in [2.05, 4.69) is 27.5 Å². The predicted molar refractivity (Wildman–Crippen MR) is 114 cm³/mol. The fraction of sp³-hybridized carbons (Fsp3) is 0.476. The number of aryl methyl sites for hydroxylation is 1. The van der Waals surface area contributed by atoms with Gasteiger partial charge in [-0.05, 0) is 37.5 Å². The maximum atomic E-state index is 13.1. The molecule has 3 rings (SSSR count). The number of aromatic nitrogens is 2. The molecule has 168 valence electrons. The van der Waals surface area contributed by atoms with Crippen molar-refractivity contribution in [1.29, 1.82) is 0 Å². The summed E-state index contributed by atoms with van der Waals surface area (Å²) in [5.74, 6) is 0.810. The molecular weight excluding hydrogens is 409 g/mol. The van der Waals surface area contributed by atoms with Gasteiger partial charge in [-0.2, -0.15) is 18.2 Å². The van der Waals surface area contributed by atoms with Crippen molar-refractivity contribution in [3.8, 4) is 0 Å². The first-order valence-electron chi connectivity index (χ1n) is 10.3. The van der Waals surface area contributed by atoms with E-state index in [4.69, 9.17) is 5.73 Å². The fourth-order valence-electron chi connectivity index (χ4n) is 3.58. The van der Waals surface area contributed by atoms with Gasteiger partial charge in [0.15, 0.2) is 0 Å². The fourth-order valence-corrected chi connectivity index (χ4v) is 3.58. The summed E-state index contributed by atoms with van der Waals surface area (Å²) in [6, 6.07) is 5.23. The summed E-state index contributed by atoms with van der Waals surface area (Å²) in [4.78, 5) is 22.4. The van der Waals surface area contributed by atoms with Gasteiger partial charge in [0.05, 0.1) is 5.56 Å². The van der Waals surface area contributed by atoms with E-state index in [1.54, 1.807) is 0 Å². The van der Waals surface area contributed by atoms with Crippen molar-refractivity contribution >= 4 is 29.0 Å². The van der Waals surface area contributed by atoms with E-state index in [1.807, 2.05) is 11.0 Å². The lowest BCUT2D eigenvalue weighted by Crippen LogP contribution is -2.35. The first-order chi connectivity index (χ1) is 14.6. The number of anilines is 4. The zero-order valence-corrected chi connectivity index (χ0v) is 17.6. The molecule has 4 N–H and O–H groups in total. The van der Waals surface area contributed by atoms with Gasteiger partial charge in [-0.3, -0.25) is 4.79 Å². The molecule has 7 nitrogen and oxygen atoms in total. The average molecular weight is 436 g/mol. The molecule has 0 bridgehead atoms. The van der Waals surface area contributed by atoms with E-state index in [9.17, 15) is 18.0 Å². The minimum absolute atomic E-state index is 0.00243. The topological polar surface area (TPSA) is 96.2 Å². The van der Waals surface area contributed by atoms with Gasteiger partial charge in [0.25, 0.3) is 0 Å². The lowest BCUT2D eigenvalue weighted by Gasteiger charge is -2.20. The van der Waals surface area contributed by atoms with Crippen LogP contribution >= 0.6 is 0 Å². The van der Waals surface area contributed by atoms with E-state index in [0.29, 0.717) is 18.9 Å². The molecule has 1 aromatic heterocycles. The number of alkyl halides is 3. The Morgan fingerprint density at radius 2 is 2.03 bits per heavy atom. The number of hydrogen-bond acceptors (Lipinski definition) is 6. The van der Waals surface area contributed by atoms with Crippen molar-refractivity contribution in [2.75, 3.05) is 29.0 Å². The van der Waals surface area contributed by atoms with Crippen LogP contribution in [0.3, 0.4) is 0 Å². The molecule has 1 saturated heterocycles. The van der Waals surface area contributed by atoms with E-state index in [1.165, 1.54) is 13.0 Å². The van der Waals surface area contributed by atoms with Gasteiger partial charge in [0.1, 0.15) is 5.82 Å². The van der Waals surface area contributed by atoms with Crippen LogP contribution in [0.15, 0.2) is 24.3 Å². The third-order valence-electron chi connectivity index (χ3n) is 5.01. The van der Waals surface area contributed by atoms with E-state index in [-0.39, 0.29) is 29.3 Å². The largest absolute Gasteiger partial charge is 0.416 e. The summed E-state index contributed by atoms with van der Waals surface area (Å²) in [5, 5.41) is 5.79. The van der Waals surface area contributed by atoms with Gasteiger partial charge in [0, 0.05) is 49.2 Å². The van der Waals surface area contributed by atoms with Crippen LogP contribution in [0, 0.1) is 0 Å². The number of nitrogens with zero attached hydrogens (tertiary/aromatic N) is 3. The second kappa shape index (κ2) is 9.40. The number of carbonyl (C=O) groups excluding carboxylic acids is 1. The molecule has 0 radical (unpaired) electrons. The van der Waals surface area contributed by atoms with Crippen LogP contribution < -0.4 is 21.3 Å². The summed E-state index contributed by atoms with van der Waals surface area (Å²) in [5.41, 5.74) is 5.80. The predicted octanol–water partition coefficient (Wildman–Crippen LogP) is 3.88. The number of carbonyl (C=O) groups is 1. The maximum Gasteiger partial charge on any atom is 0.416 e. The number of unbranched alkanes of at least 4 members (excludes halogenated alkanes) is 1. The Balaban J connectivity index is 1.87. The first kappa shape index (κ1) is 22.6. The summed E-state index contributed by atoms with van der Waals surface area (Å²) in [6.07, 6.45) is -1.06. The zero-order valence-electron chi connectivity index (χ0n) is 17.6. The van der Waals surface area contributed by atoms with Crippen molar-refractivity contribution < 1.29 is 18.0 Å². The van der Waals surface area contributed by atoms with Crippen molar-refractivity contribution in [3.05, 3.63) is 35.5 Å². The summed E-state index contributed by atoms with van der Waals surface area (Å²) >= 11 is 0. The van der Waals surface area contributed by atoms with Gasteiger partial charge in [0.2, 0.25) is 11.9 Å². The van der Waals surface area contributed by atoms with Crippen LogP contribution in [0.1, 0.15) is 44.4 Å². The highest BCUT2D eigenvalue weighted by molar-refractivity contribution is 5.73. The Hall–Kier alpha value is -3.04. The minimum atomic E-state index is -4.50. The van der Waals surface area contributed by atoms with Gasteiger partial charge in [-0.25, -0.2) is 4.98 Å². The molecule has 1 unspecified atom stereocenters. The molecule has 0 aliphatic carbocycles. The van der Waals surface area contributed by atoms with Crippen LogP contribution in [-0.2, 0) is 17.4 Å². The molecule has 1 amide bonds. The molecule has 1 aliphatic rings. The second-order valence-electron chi connectivity index (χ2n) is 7.74. The first-order valence-corrected chi connectivity index (χ1v) is 10.3. The van der Waals surface area contributed by atoms with Crippen molar-refractivity contribution in [2.24, 2.45) is 0 Å². The highest BCUT2D eigenvalue weighted by Gasteiger charge is 2.31. The summed E-state index contributed by atoms with van der Waals surface area (Å²) < 4.78 is 39.4. The van der Waals surface area contributed by atoms with Gasteiger partial charge in [-0.15, -0.1) is 0 Å². The second-order valence-corrected chi connectivity index (χ2v) is 7.74. The Morgan fingerprint density at radius 1 is 1.26 bits per heavy atom. The molecule has 10 heteroatoms. The summed E-state index contributed by atoms with van der Waals surface area (Å²) in [6.45, 7) is 4.88. The van der Waals surface area contributed by atoms with E-state index in [0.717, 1.165) is 43.5 Å². The molecule has 2 aromatic rings. The standard InChI is InChI=1S/C21H27F3N6O/c1-3-4-5-16-11-19(30-7-6-17(12-30)26-13(2)31)29-20(27-16)28-18-9-14(21(22,23)24)8-15(25)10-18/h8-11,17H,3-7,12,25H2,1-2H3,(H,26,31)(H,27,28,29). The van der Waals surface area contributed by atoms with Crippen LogP contribution in [0.5, 0.6) is 0 Å². The Labute approximate surface area is 179 Å². The average Bonchev–Trinajstić information content (AvgIpc) is 3.13. The Morgan fingerprint density at radius 3 is 2.71 bits per heavy atom. The third-order valence-corrected chi connectivity index (χ3v) is 5.01. The molecule has 1 atom stereocenters. The lowest BCUT2D eigenvalue weighted by molar-refractivity contribution is -0.137. The highest BCUT2D eigenvalue weighted by Crippen LogP contribution is 2.33. The molecular formula is C21H27F3N6O. The number of amides is 1. The molecule has 1 fully saturated rings. The molecule has 0 spiro atoms. The molecule has 2 heterocycles. The van der Waals surface area contributed by atoms with Gasteiger partial charge in [-0.1, -0.05) is 13.3 Å². The number of hydrogen-bond donors (Lipinski definition) is 3. The summed E-state index contributed by atoms with van der Waals surface area (Å²) in [7, 11) is 0. The smallest absolute Gasteiger partial charge is 0.399 e. The van der Waals surface area contributed by atoms with Crippen LogP contribution in [0.25, 0.3) is 0 Å². The van der Waals surface area contributed by atoms with E-state index < -0.39 is 11.7 Å². The van der Waals surface area contributed by atoms with Gasteiger partial charge >= 0.3 is 6.18 Å². The zero-order chi connectivity index (χ0) is 22.6. The third kappa shape index (κ3) is 6.22. The monoisotopic (exact) mass is 436 g/mol. The van der Waals surface area contributed by atoms with Crippen LogP contribution in [0.4, 0.5) is 36.3 Å². The van der Waals surface area contributed by atoms with Crippen molar-refractivity contribution in [2.45, 2.75) is 51.7 Å². The van der Waals surface area contributed by atoms with Crippen LogP contribution in [-0.4, -0.2) is 35.0 Å². The molecule has 1 aliphatic heterocycles. The molecule has 0 saturated carbocycles. The lowest BCUT2D eigenvalue weighted by atomic mass is 10.1. The number of nitrogen functional groups attached to an aromatic ring is 1. The van der Waals surface area contributed by atoms with Crippen molar-refractivity contribution in [3.63, 3.8) is 0 Å². The SMILES string of the molecule is CCCCc1cc(N2CCC(NC(C)=O)C2)nc(Nc2cc(N)cc(C(F)(F)F)c2)n1.